The summed E-state index contributed by atoms with van der Waals surface area (Å²) in [7, 11) is 0. The van der Waals surface area contributed by atoms with Gasteiger partial charge in [0, 0.05) is 16.7 Å². The van der Waals surface area contributed by atoms with Gasteiger partial charge in [0.05, 0.1) is 0 Å². The number of ether oxygens (including phenoxy) is 2. The molecule has 2 rings (SSSR count). The van der Waals surface area contributed by atoms with Crippen molar-refractivity contribution in [3.63, 3.8) is 0 Å². The first-order chi connectivity index (χ1) is 14.3. The molecule has 160 valence electrons. The predicted molar refractivity (Wildman–Crippen MR) is 117 cm³/mol. The third kappa shape index (κ3) is 8.24. The van der Waals surface area contributed by atoms with Gasteiger partial charge in [0.15, 0.2) is 13.2 Å². The van der Waals surface area contributed by atoms with Gasteiger partial charge in [-0.05, 0) is 48.7 Å². The summed E-state index contributed by atoms with van der Waals surface area (Å²) >= 11 is 3.33. The van der Waals surface area contributed by atoms with Gasteiger partial charge in [0.2, 0.25) is 0 Å². The highest BCUT2D eigenvalue weighted by atomic mass is 79.9. The molecule has 0 aromatic heterocycles. The second-order valence-corrected chi connectivity index (χ2v) is 7.86. The molecule has 0 aliphatic rings. The number of halogens is 1. The zero-order valence-electron chi connectivity index (χ0n) is 16.9. The lowest BCUT2D eigenvalue weighted by molar-refractivity contribution is -0.124. The first-order valence-electron chi connectivity index (χ1n) is 9.56. The van der Waals surface area contributed by atoms with Gasteiger partial charge in [-0.1, -0.05) is 41.9 Å². The molecule has 0 atom stereocenters. The number of anilines is 1. The molecule has 0 radical (unpaired) electrons. The Bertz CT molecular complexity index is 868. The van der Waals surface area contributed by atoms with Crippen molar-refractivity contribution in [3.8, 4) is 5.75 Å². The molecule has 7 nitrogen and oxygen atoms in total. The maximum absolute atomic E-state index is 12.3. The van der Waals surface area contributed by atoms with Crippen molar-refractivity contribution in [1.29, 1.82) is 0 Å². The number of hydrogen-bond donors (Lipinski definition) is 2. The van der Waals surface area contributed by atoms with E-state index in [0.29, 0.717) is 18.2 Å². The largest absolute Gasteiger partial charge is 0.483 e. The van der Waals surface area contributed by atoms with E-state index in [4.69, 9.17) is 9.47 Å². The van der Waals surface area contributed by atoms with Crippen molar-refractivity contribution < 1.29 is 23.9 Å². The molecular formula is C22H25BrN2O5. The molecule has 2 aromatic rings. The van der Waals surface area contributed by atoms with Crippen LogP contribution in [0.2, 0.25) is 0 Å². The quantitative estimate of drug-likeness (QED) is 0.508. The average Bonchev–Trinajstić information content (AvgIpc) is 2.72. The number of benzene rings is 2. The summed E-state index contributed by atoms with van der Waals surface area (Å²) in [5.74, 6) is -0.759. The van der Waals surface area contributed by atoms with Crippen molar-refractivity contribution in [2.75, 3.05) is 25.1 Å². The van der Waals surface area contributed by atoms with Crippen LogP contribution in [0.5, 0.6) is 5.75 Å². The maximum Gasteiger partial charge on any atom is 0.342 e. The van der Waals surface area contributed by atoms with Crippen LogP contribution in [0, 0.1) is 5.92 Å². The van der Waals surface area contributed by atoms with E-state index >= 15 is 0 Å². The zero-order valence-corrected chi connectivity index (χ0v) is 18.5. The number of carbonyl (C=O) groups excluding carboxylic acids is 3. The van der Waals surface area contributed by atoms with Gasteiger partial charge in [-0.2, -0.15) is 0 Å². The SMILES string of the molecule is CC(C)CCNC(=O)COC(=O)c1ccccc1OCC(=O)Nc1ccc(Br)cc1. The molecule has 0 unspecified atom stereocenters. The lowest BCUT2D eigenvalue weighted by atomic mass is 10.1. The third-order valence-electron chi connectivity index (χ3n) is 3.97. The molecule has 0 saturated carbocycles. The Labute approximate surface area is 184 Å². The Morgan fingerprint density at radius 1 is 0.967 bits per heavy atom. The third-order valence-corrected chi connectivity index (χ3v) is 4.50. The van der Waals surface area contributed by atoms with Crippen molar-refractivity contribution in [1.82, 2.24) is 5.32 Å². The van der Waals surface area contributed by atoms with E-state index in [1.165, 1.54) is 6.07 Å². The molecule has 0 bridgehead atoms. The highest BCUT2D eigenvalue weighted by Gasteiger charge is 2.16. The summed E-state index contributed by atoms with van der Waals surface area (Å²) in [4.78, 5) is 36.2. The van der Waals surface area contributed by atoms with Crippen LogP contribution >= 0.6 is 15.9 Å². The fraction of sp³-hybridized carbons (Fsp3) is 0.318. The van der Waals surface area contributed by atoms with E-state index in [-0.39, 0.29) is 36.3 Å². The Balaban J connectivity index is 1.85. The second-order valence-electron chi connectivity index (χ2n) is 6.95. The number of hydrogen-bond acceptors (Lipinski definition) is 5. The van der Waals surface area contributed by atoms with Crippen LogP contribution in [0.25, 0.3) is 0 Å². The molecule has 0 spiro atoms. The Morgan fingerprint density at radius 3 is 2.37 bits per heavy atom. The van der Waals surface area contributed by atoms with E-state index in [1.54, 1.807) is 42.5 Å². The molecule has 30 heavy (non-hydrogen) atoms. The predicted octanol–water partition coefficient (Wildman–Crippen LogP) is 3.79. The highest BCUT2D eigenvalue weighted by molar-refractivity contribution is 9.10. The van der Waals surface area contributed by atoms with Crippen LogP contribution < -0.4 is 15.4 Å². The van der Waals surface area contributed by atoms with Crippen LogP contribution in [0.15, 0.2) is 53.0 Å². The highest BCUT2D eigenvalue weighted by Crippen LogP contribution is 2.19. The smallest absolute Gasteiger partial charge is 0.342 e. The fourth-order valence-electron chi connectivity index (χ4n) is 2.39. The van der Waals surface area contributed by atoms with Gasteiger partial charge in [-0.25, -0.2) is 4.79 Å². The summed E-state index contributed by atoms with van der Waals surface area (Å²) in [5, 5.41) is 5.40. The molecule has 2 amide bonds. The maximum atomic E-state index is 12.3. The van der Waals surface area contributed by atoms with Crippen LogP contribution in [0.1, 0.15) is 30.6 Å². The summed E-state index contributed by atoms with van der Waals surface area (Å²) in [6, 6.07) is 13.5. The summed E-state index contributed by atoms with van der Waals surface area (Å²) in [6.07, 6.45) is 0.846. The minimum absolute atomic E-state index is 0.143. The molecular weight excluding hydrogens is 452 g/mol. The van der Waals surface area contributed by atoms with Gasteiger partial charge in [-0.15, -0.1) is 0 Å². The van der Waals surface area contributed by atoms with E-state index in [2.05, 4.69) is 40.4 Å². The molecule has 2 aromatic carbocycles. The van der Waals surface area contributed by atoms with E-state index < -0.39 is 5.97 Å². The number of carbonyl (C=O) groups is 3. The normalized spacial score (nSPS) is 10.4. The Kier molecular flexibility index (Phi) is 9.34. The van der Waals surface area contributed by atoms with Crippen LogP contribution in [0.4, 0.5) is 5.69 Å². The number of esters is 1. The van der Waals surface area contributed by atoms with Gasteiger partial charge >= 0.3 is 5.97 Å². The molecule has 0 saturated heterocycles. The van der Waals surface area contributed by atoms with Crippen LogP contribution in [-0.4, -0.2) is 37.5 Å². The topological polar surface area (TPSA) is 93.7 Å². The van der Waals surface area contributed by atoms with Gasteiger partial charge < -0.3 is 20.1 Å². The van der Waals surface area contributed by atoms with Crippen LogP contribution in [0.3, 0.4) is 0 Å². The van der Waals surface area contributed by atoms with E-state index in [1.807, 2.05) is 0 Å². The summed E-state index contributed by atoms with van der Waals surface area (Å²) < 4.78 is 11.5. The summed E-state index contributed by atoms with van der Waals surface area (Å²) in [5.41, 5.74) is 0.770. The molecule has 8 heteroatoms. The molecule has 0 aliphatic carbocycles. The van der Waals surface area contributed by atoms with E-state index in [0.717, 1.165) is 10.9 Å². The first kappa shape index (κ1) is 23.4. The zero-order chi connectivity index (χ0) is 21.9. The van der Waals surface area contributed by atoms with Crippen molar-refractivity contribution >= 4 is 39.4 Å². The van der Waals surface area contributed by atoms with E-state index in [9.17, 15) is 14.4 Å². The first-order valence-corrected chi connectivity index (χ1v) is 10.4. The standard InChI is InChI=1S/C22H25BrN2O5/c1-15(2)11-12-24-20(26)13-30-22(28)18-5-3-4-6-19(18)29-14-21(27)25-17-9-7-16(23)8-10-17/h3-10,15H,11-14H2,1-2H3,(H,24,26)(H,25,27). The Morgan fingerprint density at radius 2 is 1.67 bits per heavy atom. The number of para-hydroxylation sites is 1. The van der Waals surface area contributed by atoms with Crippen molar-refractivity contribution in [2.45, 2.75) is 20.3 Å². The lowest BCUT2D eigenvalue weighted by Gasteiger charge is -2.12. The monoisotopic (exact) mass is 476 g/mol. The molecule has 0 fully saturated rings. The number of nitrogens with one attached hydrogen (secondary N) is 2. The average molecular weight is 477 g/mol. The van der Waals surface area contributed by atoms with Gasteiger partial charge in [-0.3, -0.25) is 9.59 Å². The van der Waals surface area contributed by atoms with Crippen molar-refractivity contribution in [3.05, 3.63) is 58.6 Å². The lowest BCUT2D eigenvalue weighted by Crippen LogP contribution is -2.30. The minimum Gasteiger partial charge on any atom is -0.483 e. The molecule has 0 aliphatic heterocycles. The minimum atomic E-state index is -0.696. The Hall–Kier alpha value is -2.87. The fourth-order valence-corrected chi connectivity index (χ4v) is 2.66. The van der Waals surface area contributed by atoms with Gasteiger partial charge in [0.25, 0.3) is 11.8 Å². The summed E-state index contributed by atoms with van der Waals surface area (Å²) in [6.45, 7) is 3.98. The van der Waals surface area contributed by atoms with Crippen molar-refractivity contribution in [2.24, 2.45) is 5.92 Å². The molecule has 2 N–H and O–H groups in total. The van der Waals surface area contributed by atoms with Crippen LogP contribution in [-0.2, 0) is 14.3 Å². The number of amides is 2. The molecule has 0 heterocycles. The number of rotatable bonds is 10. The second kappa shape index (κ2) is 12.0. The van der Waals surface area contributed by atoms with Gasteiger partial charge in [0.1, 0.15) is 11.3 Å².